The van der Waals surface area contributed by atoms with Gasteiger partial charge in [0.05, 0.1) is 19.8 Å². The van der Waals surface area contributed by atoms with Crippen LogP contribution in [0, 0.1) is 5.82 Å². The Hall–Kier alpha value is -1.74. The lowest BCUT2D eigenvalue weighted by atomic mass is 10.2. The van der Waals surface area contributed by atoms with E-state index in [-0.39, 0.29) is 18.3 Å². The van der Waals surface area contributed by atoms with Crippen LogP contribution >= 0.6 is 0 Å². The molecule has 2 heterocycles. The average molecular weight is 381 g/mol. The van der Waals surface area contributed by atoms with Gasteiger partial charge in [0.25, 0.3) is 0 Å². The maximum Gasteiger partial charge on any atom is 0.236 e. The average Bonchev–Trinajstić information content (AvgIpc) is 2.70. The minimum absolute atomic E-state index is 0.166. The summed E-state index contributed by atoms with van der Waals surface area (Å²) in [5.74, 6) is 0.397. The molecular formula is C19H28FN3O4. The lowest BCUT2D eigenvalue weighted by molar-refractivity contribution is -0.137. The Bertz CT molecular complexity index is 587. The third-order valence-corrected chi connectivity index (χ3v) is 4.91. The molecule has 0 saturated carbocycles. The fraction of sp³-hybridized carbons (Fsp3) is 0.632. The number of aliphatic hydroxyl groups is 1. The van der Waals surface area contributed by atoms with Crippen molar-refractivity contribution in [2.45, 2.75) is 6.10 Å². The number of nitrogens with zero attached hydrogens (tertiary/aromatic N) is 3. The highest BCUT2D eigenvalue weighted by Crippen LogP contribution is 2.12. The van der Waals surface area contributed by atoms with Gasteiger partial charge in [0, 0.05) is 45.8 Å². The number of hydrogen-bond donors (Lipinski definition) is 1. The minimum atomic E-state index is -0.614. The summed E-state index contributed by atoms with van der Waals surface area (Å²) in [6.07, 6.45) is -0.614. The fourth-order valence-corrected chi connectivity index (χ4v) is 3.31. The van der Waals surface area contributed by atoms with Crippen LogP contribution in [0.4, 0.5) is 4.39 Å². The number of carbonyl (C=O) groups is 1. The van der Waals surface area contributed by atoms with Crippen molar-refractivity contribution in [1.29, 1.82) is 0 Å². The second-order valence-corrected chi connectivity index (χ2v) is 6.99. The molecule has 2 saturated heterocycles. The first kappa shape index (κ1) is 20.0. The van der Waals surface area contributed by atoms with E-state index in [0.717, 1.165) is 26.2 Å². The summed E-state index contributed by atoms with van der Waals surface area (Å²) in [6.45, 7) is 6.97. The molecule has 1 aromatic rings. The van der Waals surface area contributed by atoms with Gasteiger partial charge in [-0.15, -0.1) is 0 Å². The van der Waals surface area contributed by atoms with Gasteiger partial charge >= 0.3 is 0 Å². The second kappa shape index (κ2) is 9.98. The lowest BCUT2D eigenvalue weighted by Gasteiger charge is -2.36. The molecule has 1 amide bonds. The van der Waals surface area contributed by atoms with E-state index in [2.05, 4.69) is 9.80 Å². The number of β-amino-alcohol motifs (C(OH)–C–C–N with tert-alkyl or cyclic N) is 1. The van der Waals surface area contributed by atoms with Crippen molar-refractivity contribution >= 4 is 5.91 Å². The highest BCUT2D eigenvalue weighted by Gasteiger charge is 2.24. The molecule has 1 aromatic carbocycles. The number of amides is 1. The molecule has 1 atom stereocenters. The molecule has 2 fully saturated rings. The van der Waals surface area contributed by atoms with Crippen LogP contribution in [-0.4, -0.2) is 104 Å². The number of rotatable bonds is 7. The van der Waals surface area contributed by atoms with Gasteiger partial charge < -0.3 is 19.5 Å². The largest absolute Gasteiger partial charge is 0.491 e. The highest BCUT2D eigenvalue weighted by molar-refractivity contribution is 5.78. The quantitative estimate of drug-likeness (QED) is 0.720. The first-order valence-corrected chi connectivity index (χ1v) is 9.47. The molecule has 0 bridgehead atoms. The van der Waals surface area contributed by atoms with E-state index in [4.69, 9.17) is 9.47 Å². The van der Waals surface area contributed by atoms with Gasteiger partial charge in [-0.3, -0.25) is 14.6 Å². The molecule has 3 rings (SSSR count). The van der Waals surface area contributed by atoms with Crippen LogP contribution in [0.15, 0.2) is 24.3 Å². The Balaban J connectivity index is 1.32. The predicted molar refractivity (Wildman–Crippen MR) is 98.2 cm³/mol. The van der Waals surface area contributed by atoms with Crippen molar-refractivity contribution in [1.82, 2.24) is 14.7 Å². The number of halogens is 1. The summed E-state index contributed by atoms with van der Waals surface area (Å²) in [5.41, 5.74) is 0. The second-order valence-electron chi connectivity index (χ2n) is 6.99. The predicted octanol–water partition coefficient (Wildman–Crippen LogP) is 0.0418. The van der Waals surface area contributed by atoms with Crippen LogP contribution in [0.25, 0.3) is 0 Å². The van der Waals surface area contributed by atoms with Gasteiger partial charge in [0.2, 0.25) is 5.91 Å². The van der Waals surface area contributed by atoms with Crippen LogP contribution in [-0.2, 0) is 9.53 Å². The number of carbonyl (C=O) groups excluding carboxylic acids is 1. The smallest absolute Gasteiger partial charge is 0.236 e. The monoisotopic (exact) mass is 381 g/mol. The van der Waals surface area contributed by atoms with E-state index >= 15 is 0 Å². The number of piperazine rings is 1. The molecule has 0 aliphatic carbocycles. The molecule has 0 radical (unpaired) electrons. The molecule has 0 spiro atoms. The Kier molecular flexibility index (Phi) is 7.40. The highest BCUT2D eigenvalue weighted by atomic mass is 19.1. The molecule has 1 unspecified atom stereocenters. The Morgan fingerprint density at radius 2 is 1.70 bits per heavy atom. The maximum absolute atomic E-state index is 12.9. The number of ether oxygens (including phenoxy) is 2. The van der Waals surface area contributed by atoms with Crippen LogP contribution in [0.3, 0.4) is 0 Å². The number of morpholine rings is 1. The Morgan fingerprint density at radius 1 is 1.07 bits per heavy atom. The third-order valence-electron chi connectivity index (χ3n) is 4.91. The first-order valence-electron chi connectivity index (χ1n) is 9.47. The van der Waals surface area contributed by atoms with Gasteiger partial charge in [-0.2, -0.15) is 0 Å². The van der Waals surface area contributed by atoms with E-state index in [0.29, 0.717) is 45.1 Å². The Morgan fingerprint density at radius 3 is 2.37 bits per heavy atom. The zero-order valence-corrected chi connectivity index (χ0v) is 15.6. The Labute approximate surface area is 159 Å². The molecule has 27 heavy (non-hydrogen) atoms. The van der Waals surface area contributed by atoms with Gasteiger partial charge in [-0.1, -0.05) is 0 Å². The molecule has 8 heteroatoms. The molecule has 0 aromatic heterocycles. The first-order chi connectivity index (χ1) is 13.1. The SMILES string of the molecule is O=C(CN1CCN(CC(O)COc2ccc(F)cc2)CC1)N1CCOCC1. The summed E-state index contributed by atoms with van der Waals surface area (Å²) in [7, 11) is 0. The summed E-state index contributed by atoms with van der Waals surface area (Å²) < 4.78 is 23.6. The van der Waals surface area contributed by atoms with Crippen LogP contribution < -0.4 is 4.74 Å². The fourth-order valence-electron chi connectivity index (χ4n) is 3.31. The standard InChI is InChI=1S/C19H28FN3O4/c20-16-1-3-18(4-2-16)27-15-17(24)13-21-5-7-22(8-6-21)14-19(25)23-9-11-26-12-10-23/h1-4,17,24H,5-15H2. The van der Waals surface area contributed by atoms with Crippen molar-refractivity contribution in [3.63, 3.8) is 0 Å². The van der Waals surface area contributed by atoms with Gasteiger partial charge in [0.1, 0.15) is 24.3 Å². The van der Waals surface area contributed by atoms with Gasteiger partial charge in [0.15, 0.2) is 0 Å². The van der Waals surface area contributed by atoms with E-state index in [1.807, 2.05) is 4.90 Å². The van der Waals surface area contributed by atoms with Crippen LogP contribution in [0.2, 0.25) is 0 Å². The molecule has 150 valence electrons. The normalized spacial score (nSPS) is 20.4. The molecular weight excluding hydrogens is 353 g/mol. The summed E-state index contributed by atoms with van der Waals surface area (Å²) >= 11 is 0. The van der Waals surface area contributed by atoms with E-state index < -0.39 is 6.10 Å². The molecule has 1 N–H and O–H groups in total. The van der Waals surface area contributed by atoms with Gasteiger partial charge in [-0.05, 0) is 24.3 Å². The van der Waals surface area contributed by atoms with Crippen molar-refractivity contribution in [3.05, 3.63) is 30.1 Å². The van der Waals surface area contributed by atoms with Crippen molar-refractivity contribution in [2.75, 3.05) is 72.2 Å². The summed E-state index contributed by atoms with van der Waals surface area (Å²) in [6, 6.07) is 5.76. The molecule has 2 aliphatic rings. The summed E-state index contributed by atoms with van der Waals surface area (Å²) in [4.78, 5) is 18.5. The summed E-state index contributed by atoms with van der Waals surface area (Å²) in [5, 5.41) is 10.2. The molecule has 2 aliphatic heterocycles. The van der Waals surface area contributed by atoms with Gasteiger partial charge in [-0.25, -0.2) is 4.39 Å². The van der Waals surface area contributed by atoms with E-state index in [9.17, 15) is 14.3 Å². The zero-order chi connectivity index (χ0) is 19.1. The number of aliphatic hydroxyl groups excluding tert-OH is 1. The van der Waals surface area contributed by atoms with Crippen molar-refractivity contribution < 1.29 is 23.8 Å². The topological polar surface area (TPSA) is 65.5 Å². The number of hydrogen-bond acceptors (Lipinski definition) is 6. The van der Waals surface area contributed by atoms with Crippen molar-refractivity contribution in [3.8, 4) is 5.75 Å². The third kappa shape index (κ3) is 6.42. The lowest BCUT2D eigenvalue weighted by Crippen LogP contribution is -2.52. The molecule has 7 nitrogen and oxygen atoms in total. The minimum Gasteiger partial charge on any atom is -0.491 e. The van der Waals surface area contributed by atoms with Crippen molar-refractivity contribution in [2.24, 2.45) is 0 Å². The van der Waals surface area contributed by atoms with E-state index in [1.54, 1.807) is 12.1 Å². The maximum atomic E-state index is 12.9. The van der Waals surface area contributed by atoms with E-state index in [1.165, 1.54) is 12.1 Å². The van der Waals surface area contributed by atoms with Crippen LogP contribution in [0.1, 0.15) is 0 Å². The zero-order valence-electron chi connectivity index (χ0n) is 15.6. The van der Waals surface area contributed by atoms with Crippen LogP contribution in [0.5, 0.6) is 5.75 Å². The number of benzene rings is 1.